The van der Waals surface area contributed by atoms with Gasteiger partial charge in [-0.1, -0.05) is 0 Å². The van der Waals surface area contributed by atoms with Crippen molar-refractivity contribution >= 4 is 21.8 Å². The highest BCUT2D eigenvalue weighted by Gasteiger charge is 2.04. The number of hydrogen-bond donors (Lipinski definition) is 1. The Labute approximate surface area is 79.3 Å². The van der Waals surface area contributed by atoms with E-state index in [0.717, 1.165) is 5.69 Å². The molecule has 0 unspecified atom stereocenters. The number of halogens is 1. The van der Waals surface area contributed by atoms with E-state index in [-0.39, 0.29) is 5.91 Å². The Morgan fingerprint density at radius 2 is 2.25 bits per heavy atom. The molecule has 0 radical (unpaired) electrons. The molecule has 3 nitrogen and oxygen atoms in total. The summed E-state index contributed by atoms with van der Waals surface area (Å²) in [5.74, 6) is -0.0961. The predicted octanol–water partition coefficient (Wildman–Crippen LogP) is 1.51. The van der Waals surface area contributed by atoms with Gasteiger partial charge in [0.25, 0.3) is 5.91 Å². The van der Waals surface area contributed by atoms with Gasteiger partial charge in [0.2, 0.25) is 0 Å². The third-order valence-electron chi connectivity index (χ3n) is 1.41. The molecule has 1 amide bonds. The summed E-state index contributed by atoms with van der Waals surface area (Å²) in [5, 5.41) is 2.55. The van der Waals surface area contributed by atoms with Crippen LogP contribution in [0.2, 0.25) is 0 Å². The Hall–Kier alpha value is -0.900. The van der Waals surface area contributed by atoms with Crippen LogP contribution in [0.3, 0.4) is 0 Å². The summed E-state index contributed by atoms with van der Waals surface area (Å²) in [4.78, 5) is 15.2. The van der Waals surface area contributed by atoms with Gasteiger partial charge in [-0.2, -0.15) is 0 Å². The van der Waals surface area contributed by atoms with Gasteiger partial charge in [0, 0.05) is 18.3 Å². The van der Waals surface area contributed by atoms with Gasteiger partial charge < -0.3 is 5.32 Å². The van der Waals surface area contributed by atoms with Crippen LogP contribution < -0.4 is 5.32 Å². The van der Waals surface area contributed by atoms with E-state index in [9.17, 15) is 4.79 Å². The Balaban J connectivity index is 3.08. The lowest BCUT2D eigenvalue weighted by molar-refractivity contribution is 0.0963. The van der Waals surface area contributed by atoms with Crippen molar-refractivity contribution in [2.45, 2.75) is 6.92 Å². The van der Waals surface area contributed by atoms with Gasteiger partial charge in [0.05, 0.1) is 0 Å². The zero-order chi connectivity index (χ0) is 9.14. The van der Waals surface area contributed by atoms with E-state index in [4.69, 9.17) is 0 Å². The van der Waals surface area contributed by atoms with Crippen molar-refractivity contribution in [2.24, 2.45) is 0 Å². The Morgan fingerprint density at radius 3 is 2.75 bits per heavy atom. The number of nitrogens with one attached hydrogen (secondary N) is 1. The van der Waals surface area contributed by atoms with Crippen molar-refractivity contribution < 1.29 is 4.79 Å². The number of hydrogen-bond acceptors (Lipinski definition) is 2. The number of nitrogens with zero attached hydrogens (tertiary/aromatic N) is 1. The molecule has 0 atom stereocenters. The fourth-order valence-corrected chi connectivity index (χ4v) is 1.43. The monoisotopic (exact) mass is 228 g/mol. The molecule has 1 N–H and O–H groups in total. The molecule has 12 heavy (non-hydrogen) atoms. The molecule has 1 heterocycles. The van der Waals surface area contributed by atoms with Gasteiger partial charge in [-0.15, -0.1) is 0 Å². The molecular weight excluding hydrogens is 220 g/mol. The Bertz CT molecular complexity index is 292. The normalized spacial score (nSPS) is 9.58. The molecule has 0 fully saturated rings. The highest BCUT2D eigenvalue weighted by Crippen LogP contribution is 2.10. The topological polar surface area (TPSA) is 42.0 Å². The molecule has 0 saturated heterocycles. The van der Waals surface area contributed by atoms with E-state index >= 15 is 0 Å². The number of amides is 1. The second-order valence-electron chi connectivity index (χ2n) is 2.40. The first-order valence-corrected chi connectivity index (χ1v) is 4.29. The SMILES string of the molecule is CNC(=O)c1cc(C)nc(Br)c1. The van der Waals surface area contributed by atoms with Crippen molar-refractivity contribution in [1.29, 1.82) is 0 Å². The minimum absolute atomic E-state index is 0.0961. The Morgan fingerprint density at radius 1 is 1.58 bits per heavy atom. The van der Waals surface area contributed by atoms with Gasteiger partial charge in [0.1, 0.15) is 4.60 Å². The number of aryl methyl sites for hydroxylation is 1. The lowest BCUT2D eigenvalue weighted by atomic mass is 10.2. The van der Waals surface area contributed by atoms with Crippen LogP contribution in [0.25, 0.3) is 0 Å². The van der Waals surface area contributed by atoms with Crippen molar-refractivity contribution in [3.05, 3.63) is 28.0 Å². The van der Waals surface area contributed by atoms with Gasteiger partial charge in [0.15, 0.2) is 0 Å². The largest absolute Gasteiger partial charge is 0.355 e. The van der Waals surface area contributed by atoms with Crippen LogP contribution in [-0.4, -0.2) is 17.9 Å². The lowest BCUT2D eigenvalue weighted by Crippen LogP contribution is -2.18. The maximum Gasteiger partial charge on any atom is 0.251 e. The van der Waals surface area contributed by atoms with Crippen LogP contribution in [-0.2, 0) is 0 Å². The summed E-state index contributed by atoms with van der Waals surface area (Å²) in [6.45, 7) is 1.84. The van der Waals surface area contributed by atoms with Crippen molar-refractivity contribution in [1.82, 2.24) is 10.3 Å². The van der Waals surface area contributed by atoms with Crippen LogP contribution >= 0.6 is 15.9 Å². The number of carbonyl (C=O) groups is 1. The number of rotatable bonds is 1. The average Bonchev–Trinajstić information content (AvgIpc) is 2.01. The highest BCUT2D eigenvalue weighted by molar-refractivity contribution is 9.10. The average molecular weight is 229 g/mol. The zero-order valence-electron chi connectivity index (χ0n) is 6.89. The predicted molar refractivity (Wildman–Crippen MR) is 50.1 cm³/mol. The van der Waals surface area contributed by atoms with Gasteiger partial charge in [-0.05, 0) is 35.0 Å². The zero-order valence-corrected chi connectivity index (χ0v) is 8.47. The summed E-state index contributed by atoms with van der Waals surface area (Å²) in [6.07, 6.45) is 0. The molecule has 0 saturated carbocycles. The van der Waals surface area contributed by atoms with Crippen LogP contribution in [0.1, 0.15) is 16.1 Å². The molecule has 4 heteroatoms. The van der Waals surface area contributed by atoms with Crippen LogP contribution in [0.5, 0.6) is 0 Å². The quantitative estimate of drug-likeness (QED) is 0.741. The van der Waals surface area contributed by atoms with E-state index in [2.05, 4.69) is 26.2 Å². The fourth-order valence-electron chi connectivity index (χ4n) is 0.903. The molecule has 0 aliphatic heterocycles. The summed E-state index contributed by atoms with van der Waals surface area (Å²) in [6, 6.07) is 3.43. The van der Waals surface area contributed by atoms with E-state index in [1.54, 1.807) is 19.2 Å². The third kappa shape index (κ3) is 2.04. The maximum atomic E-state index is 11.2. The lowest BCUT2D eigenvalue weighted by Gasteiger charge is -2.00. The second-order valence-corrected chi connectivity index (χ2v) is 3.21. The number of aromatic nitrogens is 1. The maximum absolute atomic E-state index is 11.2. The molecule has 0 bridgehead atoms. The first-order chi connectivity index (χ1) is 5.63. The minimum Gasteiger partial charge on any atom is -0.355 e. The molecule has 0 aliphatic carbocycles. The summed E-state index contributed by atoms with van der Waals surface area (Å²) in [5.41, 5.74) is 1.44. The van der Waals surface area contributed by atoms with Crippen LogP contribution in [0.4, 0.5) is 0 Å². The molecule has 0 aliphatic rings. The number of pyridine rings is 1. The first-order valence-electron chi connectivity index (χ1n) is 3.50. The van der Waals surface area contributed by atoms with E-state index < -0.39 is 0 Å². The summed E-state index contributed by atoms with van der Waals surface area (Å²) in [7, 11) is 1.60. The molecule has 1 aromatic heterocycles. The molecule has 0 aromatic carbocycles. The molecular formula is C8H9BrN2O. The molecule has 1 aromatic rings. The van der Waals surface area contributed by atoms with Crippen molar-refractivity contribution in [3.8, 4) is 0 Å². The number of carbonyl (C=O) groups excluding carboxylic acids is 1. The van der Waals surface area contributed by atoms with Crippen LogP contribution in [0.15, 0.2) is 16.7 Å². The highest BCUT2D eigenvalue weighted by atomic mass is 79.9. The standard InChI is InChI=1S/C8H9BrN2O/c1-5-3-6(8(12)10-2)4-7(9)11-5/h3-4H,1-2H3,(H,10,12). The second kappa shape index (κ2) is 3.67. The van der Waals surface area contributed by atoms with Crippen molar-refractivity contribution in [3.63, 3.8) is 0 Å². The van der Waals surface area contributed by atoms with E-state index in [1.165, 1.54) is 0 Å². The molecule has 1 rings (SSSR count). The third-order valence-corrected chi connectivity index (χ3v) is 1.82. The fraction of sp³-hybridized carbons (Fsp3) is 0.250. The minimum atomic E-state index is -0.0961. The van der Waals surface area contributed by atoms with E-state index in [1.807, 2.05) is 6.92 Å². The summed E-state index contributed by atoms with van der Waals surface area (Å²) >= 11 is 3.22. The van der Waals surface area contributed by atoms with Gasteiger partial charge in [-0.3, -0.25) is 4.79 Å². The Kier molecular flexibility index (Phi) is 2.81. The molecule has 0 spiro atoms. The van der Waals surface area contributed by atoms with Crippen molar-refractivity contribution in [2.75, 3.05) is 7.05 Å². The van der Waals surface area contributed by atoms with Crippen LogP contribution in [0, 0.1) is 6.92 Å². The summed E-state index contributed by atoms with van der Waals surface area (Å²) < 4.78 is 0.682. The van der Waals surface area contributed by atoms with Gasteiger partial charge in [-0.25, -0.2) is 4.98 Å². The smallest absolute Gasteiger partial charge is 0.251 e. The molecule has 64 valence electrons. The van der Waals surface area contributed by atoms with Gasteiger partial charge >= 0.3 is 0 Å². The first kappa shape index (κ1) is 9.19. The van der Waals surface area contributed by atoms with E-state index in [0.29, 0.717) is 10.2 Å².